The third-order valence-electron chi connectivity index (χ3n) is 6.84. The van der Waals surface area contributed by atoms with Gasteiger partial charge in [-0.2, -0.15) is 13.2 Å². The van der Waals surface area contributed by atoms with Crippen LogP contribution in [-0.2, 0) is 4.79 Å². The molecule has 0 bridgehead atoms. The number of carbonyl (C=O) groups excluding carboxylic acids is 1. The molecule has 228 valence electrons. The number of hydrogen-bond donors (Lipinski definition) is 4. The smallest absolute Gasteiger partial charge is 0.490 e. The van der Waals surface area contributed by atoms with Gasteiger partial charge in [0, 0.05) is 37.8 Å². The molecule has 2 aromatic carbocycles. The summed E-state index contributed by atoms with van der Waals surface area (Å²) < 4.78 is 66.3. The molecule has 1 saturated carbocycles. The summed E-state index contributed by atoms with van der Waals surface area (Å²) in [7, 11) is 0. The molecule has 3 aromatic rings. The fourth-order valence-corrected chi connectivity index (χ4v) is 4.66. The highest BCUT2D eigenvalue weighted by Crippen LogP contribution is 2.26. The highest BCUT2D eigenvalue weighted by atomic mass is 19.4. The van der Waals surface area contributed by atoms with Crippen LogP contribution < -0.4 is 15.7 Å². The minimum absolute atomic E-state index is 0.0220. The van der Waals surface area contributed by atoms with Crippen LogP contribution in [0.3, 0.4) is 0 Å². The molecular formula is C27H29F5N4O6. The number of fused-ring (bicyclic) bond motifs is 1. The first kappa shape index (κ1) is 31.0. The quantitative estimate of drug-likeness (QED) is 0.292. The Labute approximate surface area is 235 Å². The maximum absolute atomic E-state index is 13.8. The standard InChI is InChI=1S/C25H28F2N4O4.C2HF3O2/c26-15-2-6-22-21(11-15)29-25(34)31(22)18-7-9-30(10-8-18)13-19(32)14-35-23-12-16(27)1-5-20(23)24(33)28-17-3-4-17;3-2(4,5)1(6)7/h1-2,5-6,11-12,17-19,32H,3-4,7-10,13-14H2,(H,28,33)(H,29,34);(H,6,7)/t19-;/m1./s1. The van der Waals surface area contributed by atoms with Crippen molar-refractivity contribution in [2.24, 2.45) is 0 Å². The number of nitrogens with one attached hydrogen (secondary N) is 2. The number of halogens is 5. The molecule has 0 spiro atoms. The van der Waals surface area contributed by atoms with Crippen molar-refractivity contribution in [3.05, 3.63) is 64.1 Å². The van der Waals surface area contributed by atoms with E-state index in [4.69, 9.17) is 14.6 Å². The van der Waals surface area contributed by atoms with Gasteiger partial charge in [0.15, 0.2) is 0 Å². The molecule has 10 nitrogen and oxygen atoms in total. The average Bonchev–Trinajstić information content (AvgIpc) is 3.67. The van der Waals surface area contributed by atoms with Crippen LogP contribution >= 0.6 is 0 Å². The molecular weight excluding hydrogens is 571 g/mol. The Balaban J connectivity index is 0.000000517. The third kappa shape index (κ3) is 8.06. The normalized spacial score (nSPS) is 16.9. The number of rotatable bonds is 8. The number of ether oxygens (including phenoxy) is 1. The van der Waals surface area contributed by atoms with Crippen molar-refractivity contribution in [3.63, 3.8) is 0 Å². The second kappa shape index (κ2) is 12.9. The largest absolute Gasteiger partial charge is 0.490 e. The summed E-state index contributed by atoms with van der Waals surface area (Å²) in [6.45, 7) is 1.59. The minimum Gasteiger partial charge on any atom is -0.490 e. The number of benzene rings is 2. The third-order valence-corrected chi connectivity index (χ3v) is 6.84. The first-order chi connectivity index (χ1) is 19.8. The summed E-state index contributed by atoms with van der Waals surface area (Å²) in [6, 6.07) is 8.18. The molecule has 1 saturated heterocycles. The number of carboxylic acid groups (broad SMARTS) is 1. The molecule has 1 atom stereocenters. The highest BCUT2D eigenvalue weighted by molar-refractivity contribution is 5.97. The van der Waals surface area contributed by atoms with Crippen LogP contribution in [0.5, 0.6) is 5.75 Å². The number of aliphatic carboxylic acids is 1. The summed E-state index contributed by atoms with van der Waals surface area (Å²) in [5, 5.41) is 20.5. The van der Waals surface area contributed by atoms with Gasteiger partial charge >= 0.3 is 17.8 Å². The van der Waals surface area contributed by atoms with Gasteiger partial charge in [-0.15, -0.1) is 0 Å². The van der Waals surface area contributed by atoms with Crippen molar-refractivity contribution >= 4 is 22.9 Å². The number of aliphatic hydroxyl groups excluding tert-OH is 1. The van der Waals surface area contributed by atoms with Crippen LogP contribution in [0.2, 0.25) is 0 Å². The van der Waals surface area contributed by atoms with E-state index >= 15 is 0 Å². The lowest BCUT2D eigenvalue weighted by Gasteiger charge is -2.33. The van der Waals surface area contributed by atoms with Gasteiger partial charge in [-0.25, -0.2) is 18.4 Å². The number of aliphatic hydroxyl groups is 1. The molecule has 1 aliphatic heterocycles. The number of imidazole rings is 1. The highest BCUT2D eigenvalue weighted by Gasteiger charge is 2.38. The van der Waals surface area contributed by atoms with E-state index < -0.39 is 29.9 Å². The molecule has 1 aromatic heterocycles. The molecule has 2 fully saturated rings. The molecule has 0 unspecified atom stereocenters. The Hall–Kier alpha value is -3.98. The van der Waals surface area contributed by atoms with Crippen LogP contribution in [0.15, 0.2) is 41.2 Å². The van der Waals surface area contributed by atoms with E-state index in [1.165, 1.54) is 24.3 Å². The van der Waals surface area contributed by atoms with E-state index in [2.05, 4.69) is 15.2 Å². The number of aromatic nitrogens is 2. The van der Waals surface area contributed by atoms with Gasteiger partial charge in [-0.05, 0) is 56.0 Å². The van der Waals surface area contributed by atoms with Crippen LogP contribution in [-0.4, -0.2) is 81.1 Å². The predicted octanol–water partition coefficient (Wildman–Crippen LogP) is 3.21. The van der Waals surface area contributed by atoms with Crippen molar-refractivity contribution in [3.8, 4) is 5.75 Å². The van der Waals surface area contributed by atoms with Crippen molar-refractivity contribution in [2.45, 2.75) is 50.0 Å². The second-order valence-electron chi connectivity index (χ2n) is 10.1. The van der Waals surface area contributed by atoms with E-state index in [1.807, 2.05) is 0 Å². The zero-order valence-electron chi connectivity index (χ0n) is 22.2. The summed E-state index contributed by atoms with van der Waals surface area (Å²) in [5.74, 6) is -3.88. The number of hydrogen-bond acceptors (Lipinski definition) is 6. The van der Waals surface area contributed by atoms with Crippen LogP contribution in [0.25, 0.3) is 11.0 Å². The van der Waals surface area contributed by atoms with Gasteiger partial charge < -0.3 is 30.2 Å². The molecule has 1 aliphatic carbocycles. The molecule has 2 aliphatic rings. The average molecular weight is 601 g/mol. The van der Waals surface area contributed by atoms with E-state index in [0.29, 0.717) is 43.5 Å². The first-order valence-electron chi connectivity index (χ1n) is 13.2. The molecule has 1 amide bonds. The molecule has 15 heteroatoms. The number of piperidine rings is 1. The molecule has 42 heavy (non-hydrogen) atoms. The summed E-state index contributed by atoms with van der Waals surface area (Å²) in [5.41, 5.74) is 1.15. The van der Waals surface area contributed by atoms with Crippen molar-refractivity contribution < 1.29 is 46.5 Å². The number of aromatic amines is 1. The van der Waals surface area contributed by atoms with E-state index in [1.54, 1.807) is 10.6 Å². The fraction of sp³-hybridized carbons (Fsp3) is 0.444. The number of carbonyl (C=O) groups is 2. The van der Waals surface area contributed by atoms with Crippen molar-refractivity contribution in [2.75, 3.05) is 26.2 Å². The SMILES string of the molecule is O=C(NC1CC1)c1ccc(F)cc1OC[C@H](O)CN1CCC(n2c(=O)[nH]c3cc(F)ccc32)CC1.O=C(O)C(F)(F)F. The maximum atomic E-state index is 13.8. The molecule has 4 N–H and O–H groups in total. The lowest BCUT2D eigenvalue weighted by Crippen LogP contribution is -2.42. The number of H-pyrrole nitrogens is 1. The zero-order valence-corrected chi connectivity index (χ0v) is 22.2. The van der Waals surface area contributed by atoms with Gasteiger partial charge in [0.05, 0.1) is 16.6 Å². The van der Waals surface area contributed by atoms with E-state index in [-0.39, 0.29) is 41.6 Å². The summed E-state index contributed by atoms with van der Waals surface area (Å²) in [6.07, 6.45) is -2.65. The van der Waals surface area contributed by atoms with E-state index in [0.717, 1.165) is 18.9 Å². The lowest BCUT2D eigenvalue weighted by molar-refractivity contribution is -0.192. The Morgan fingerprint density at radius 1 is 1.05 bits per heavy atom. The topological polar surface area (TPSA) is 137 Å². The monoisotopic (exact) mass is 600 g/mol. The van der Waals surface area contributed by atoms with Crippen LogP contribution in [0, 0.1) is 11.6 Å². The fourth-order valence-electron chi connectivity index (χ4n) is 4.66. The van der Waals surface area contributed by atoms with Gasteiger partial charge in [0.1, 0.15) is 30.1 Å². The first-order valence-corrected chi connectivity index (χ1v) is 13.2. The van der Waals surface area contributed by atoms with Gasteiger partial charge in [0.2, 0.25) is 0 Å². The minimum atomic E-state index is -5.08. The Morgan fingerprint density at radius 2 is 1.67 bits per heavy atom. The lowest BCUT2D eigenvalue weighted by atomic mass is 10.0. The number of nitrogens with zero attached hydrogens (tertiary/aromatic N) is 2. The zero-order chi connectivity index (χ0) is 30.6. The summed E-state index contributed by atoms with van der Waals surface area (Å²) >= 11 is 0. The number of carboxylic acids is 1. The van der Waals surface area contributed by atoms with Gasteiger partial charge in [-0.3, -0.25) is 9.36 Å². The summed E-state index contributed by atoms with van der Waals surface area (Å²) in [4.78, 5) is 38.5. The second-order valence-corrected chi connectivity index (χ2v) is 10.1. The van der Waals surface area contributed by atoms with E-state index in [9.17, 15) is 36.6 Å². The number of likely N-dealkylation sites (tertiary alicyclic amines) is 1. The Kier molecular flexibility index (Phi) is 9.51. The van der Waals surface area contributed by atoms with Gasteiger partial charge in [-0.1, -0.05) is 0 Å². The number of amides is 1. The molecule has 2 heterocycles. The van der Waals surface area contributed by atoms with Crippen LogP contribution in [0.1, 0.15) is 42.1 Å². The Bertz CT molecular complexity index is 1480. The van der Waals surface area contributed by atoms with Crippen molar-refractivity contribution in [1.82, 2.24) is 19.8 Å². The molecule has 5 rings (SSSR count). The van der Waals surface area contributed by atoms with Gasteiger partial charge in [0.25, 0.3) is 5.91 Å². The molecule has 0 radical (unpaired) electrons. The number of alkyl halides is 3. The number of β-amino-alcohol motifs (C(OH)–C–C–N with tert-alkyl or cyclic N) is 1. The van der Waals surface area contributed by atoms with Crippen LogP contribution in [0.4, 0.5) is 22.0 Å². The predicted molar refractivity (Wildman–Crippen MR) is 139 cm³/mol. The maximum Gasteiger partial charge on any atom is 0.490 e. The van der Waals surface area contributed by atoms with Crippen molar-refractivity contribution in [1.29, 1.82) is 0 Å². The Morgan fingerprint density at radius 3 is 2.29 bits per heavy atom.